The third-order valence-electron chi connectivity index (χ3n) is 4.30. The van der Waals surface area contributed by atoms with Crippen LogP contribution in [0.1, 0.15) is 45.4 Å². The van der Waals surface area contributed by atoms with E-state index >= 15 is 0 Å². The maximum Gasteiger partial charge on any atom is 0.00889 e. The van der Waals surface area contributed by atoms with E-state index in [9.17, 15) is 0 Å². The molecule has 16 heavy (non-hydrogen) atoms. The summed E-state index contributed by atoms with van der Waals surface area (Å²) in [7, 11) is 0. The number of hydrogen-bond donors (Lipinski definition) is 1. The van der Waals surface area contributed by atoms with E-state index in [1.54, 1.807) is 0 Å². The zero-order chi connectivity index (χ0) is 10.7. The molecule has 0 aromatic rings. The number of nitrogens with two attached hydrogens (primary N) is 1. The van der Waals surface area contributed by atoms with E-state index in [4.69, 9.17) is 5.73 Å². The van der Waals surface area contributed by atoms with E-state index in [1.807, 2.05) is 0 Å². The summed E-state index contributed by atoms with van der Waals surface area (Å²) in [6.45, 7) is 6.12. The molecule has 96 valence electrons. The van der Waals surface area contributed by atoms with Crippen LogP contribution in [0.3, 0.4) is 0 Å². The summed E-state index contributed by atoms with van der Waals surface area (Å²) in [5.74, 6) is 1.68. The van der Waals surface area contributed by atoms with E-state index < -0.39 is 0 Å². The smallest absolute Gasteiger partial charge is 0.00889 e. The summed E-state index contributed by atoms with van der Waals surface area (Å²) in [4.78, 5) is 2.66. The van der Waals surface area contributed by atoms with Gasteiger partial charge in [0, 0.05) is 19.1 Å². The van der Waals surface area contributed by atoms with Gasteiger partial charge in [-0.05, 0) is 37.6 Å². The SMILES string of the molecule is CC1CN(CC2CCCCC2)CCC1N.Cl. The van der Waals surface area contributed by atoms with Gasteiger partial charge in [-0.3, -0.25) is 0 Å². The minimum atomic E-state index is 0. The maximum absolute atomic E-state index is 6.05. The standard InChI is InChI=1S/C13H26N2.ClH/c1-11-9-15(8-7-13(11)14)10-12-5-3-2-4-6-12;/h11-13H,2-10,14H2,1H3;1H. The molecule has 3 heteroatoms. The number of likely N-dealkylation sites (tertiary alicyclic amines) is 1. The average Bonchev–Trinajstić information content (AvgIpc) is 2.25. The van der Waals surface area contributed by atoms with Gasteiger partial charge < -0.3 is 10.6 Å². The molecule has 2 atom stereocenters. The van der Waals surface area contributed by atoms with Crippen molar-refractivity contribution >= 4 is 12.4 Å². The Kier molecular flexibility index (Phi) is 6.09. The maximum atomic E-state index is 6.05. The highest BCUT2D eigenvalue weighted by Gasteiger charge is 2.25. The van der Waals surface area contributed by atoms with Gasteiger partial charge in [0.15, 0.2) is 0 Å². The summed E-state index contributed by atoms with van der Waals surface area (Å²) in [6.07, 6.45) is 8.54. The van der Waals surface area contributed by atoms with Gasteiger partial charge in [0.05, 0.1) is 0 Å². The summed E-state index contributed by atoms with van der Waals surface area (Å²) in [6, 6.07) is 0.451. The van der Waals surface area contributed by atoms with Crippen LogP contribution < -0.4 is 5.73 Å². The lowest BCUT2D eigenvalue weighted by Crippen LogP contribution is -2.47. The van der Waals surface area contributed by atoms with Crippen molar-refractivity contribution in [2.45, 2.75) is 51.5 Å². The van der Waals surface area contributed by atoms with E-state index in [0.29, 0.717) is 12.0 Å². The predicted molar refractivity (Wildman–Crippen MR) is 72.0 cm³/mol. The van der Waals surface area contributed by atoms with Gasteiger partial charge in [0.2, 0.25) is 0 Å². The van der Waals surface area contributed by atoms with Crippen molar-refractivity contribution in [1.82, 2.24) is 4.90 Å². The first-order valence-corrected chi connectivity index (χ1v) is 6.73. The molecule has 2 nitrogen and oxygen atoms in total. The molecule has 1 aliphatic heterocycles. The first-order chi connectivity index (χ1) is 7.25. The molecule has 0 amide bonds. The zero-order valence-corrected chi connectivity index (χ0v) is 11.3. The van der Waals surface area contributed by atoms with Crippen molar-refractivity contribution in [3.63, 3.8) is 0 Å². The van der Waals surface area contributed by atoms with Crippen molar-refractivity contribution in [1.29, 1.82) is 0 Å². The van der Waals surface area contributed by atoms with Crippen LogP contribution in [0, 0.1) is 11.8 Å². The van der Waals surface area contributed by atoms with Crippen LogP contribution in [0.4, 0.5) is 0 Å². The first kappa shape index (κ1) is 14.3. The second-order valence-electron chi connectivity index (χ2n) is 5.69. The Balaban J connectivity index is 0.00000128. The summed E-state index contributed by atoms with van der Waals surface area (Å²) >= 11 is 0. The Morgan fingerprint density at radius 1 is 1.12 bits per heavy atom. The molecule has 0 spiro atoms. The fourth-order valence-electron chi connectivity index (χ4n) is 3.15. The predicted octanol–water partition coefficient (Wildman–Crippen LogP) is 2.66. The molecule has 2 fully saturated rings. The van der Waals surface area contributed by atoms with E-state index in [0.717, 1.165) is 5.92 Å². The Hall–Kier alpha value is 0.210. The molecule has 1 saturated carbocycles. The van der Waals surface area contributed by atoms with Crippen LogP contribution in [-0.4, -0.2) is 30.6 Å². The molecule has 0 aromatic carbocycles. The molecular weight excluding hydrogens is 220 g/mol. The quantitative estimate of drug-likeness (QED) is 0.812. The number of halogens is 1. The number of piperidine rings is 1. The second kappa shape index (κ2) is 6.83. The van der Waals surface area contributed by atoms with Crippen LogP contribution >= 0.6 is 12.4 Å². The monoisotopic (exact) mass is 246 g/mol. The Labute approximate surface area is 106 Å². The van der Waals surface area contributed by atoms with Gasteiger partial charge in [-0.25, -0.2) is 0 Å². The van der Waals surface area contributed by atoms with Crippen molar-refractivity contribution in [2.75, 3.05) is 19.6 Å². The normalized spacial score (nSPS) is 33.4. The highest BCUT2D eigenvalue weighted by molar-refractivity contribution is 5.85. The van der Waals surface area contributed by atoms with E-state index in [-0.39, 0.29) is 12.4 Å². The molecular formula is C13H27ClN2. The van der Waals surface area contributed by atoms with E-state index in [1.165, 1.54) is 58.2 Å². The lowest BCUT2D eigenvalue weighted by molar-refractivity contribution is 0.131. The van der Waals surface area contributed by atoms with Gasteiger partial charge in [0.1, 0.15) is 0 Å². The van der Waals surface area contributed by atoms with E-state index in [2.05, 4.69) is 11.8 Å². The van der Waals surface area contributed by atoms with Crippen LogP contribution in [0.5, 0.6) is 0 Å². The van der Waals surface area contributed by atoms with Gasteiger partial charge in [0.25, 0.3) is 0 Å². The molecule has 0 radical (unpaired) electrons. The molecule has 2 aliphatic rings. The van der Waals surface area contributed by atoms with Crippen molar-refractivity contribution < 1.29 is 0 Å². The fourth-order valence-corrected chi connectivity index (χ4v) is 3.15. The Morgan fingerprint density at radius 2 is 1.81 bits per heavy atom. The lowest BCUT2D eigenvalue weighted by Gasteiger charge is -2.37. The average molecular weight is 247 g/mol. The number of hydrogen-bond acceptors (Lipinski definition) is 2. The van der Waals surface area contributed by atoms with Crippen molar-refractivity contribution in [3.8, 4) is 0 Å². The summed E-state index contributed by atoms with van der Waals surface area (Å²) in [5.41, 5.74) is 6.05. The van der Waals surface area contributed by atoms with Crippen LogP contribution in [0.25, 0.3) is 0 Å². The Bertz CT molecular complexity index is 192. The van der Waals surface area contributed by atoms with Crippen molar-refractivity contribution in [3.05, 3.63) is 0 Å². The molecule has 2 rings (SSSR count). The minimum absolute atomic E-state index is 0. The van der Waals surface area contributed by atoms with Crippen molar-refractivity contribution in [2.24, 2.45) is 17.6 Å². The second-order valence-corrected chi connectivity index (χ2v) is 5.69. The topological polar surface area (TPSA) is 29.3 Å². The zero-order valence-electron chi connectivity index (χ0n) is 10.5. The van der Waals surface area contributed by atoms with Crippen LogP contribution in [-0.2, 0) is 0 Å². The largest absolute Gasteiger partial charge is 0.327 e. The fraction of sp³-hybridized carbons (Fsp3) is 1.00. The van der Waals surface area contributed by atoms with Crippen LogP contribution in [0.2, 0.25) is 0 Å². The number of rotatable bonds is 2. The lowest BCUT2D eigenvalue weighted by atomic mass is 9.87. The van der Waals surface area contributed by atoms with Crippen LogP contribution in [0.15, 0.2) is 0 Å². The molecule has 0 bridgehead atoms. The highest BCUT2D eigenvalue weighted by Crippen LogP contribution is 2.26. The van der Waals surface area contributed by atoms with Gasteiger partial charge in [-0.2, -0.15) is 0 Å². The number of nitrogens with zero attached hydrogens (tertiary/aromatic N) is 1. The molecule has 1 saturated heterocycles. The molecule has 2 unspecified atom stereocenters. The molecule has 2 N–H and O–H groups in total. The molecule has 1 heterocycles. The molecule has 1 aliphatic carbocycles. The van der Waals surface area contributed by atoms with Gasteiger partial charge in [-0.1, -0.05) is 26.2 Å². The van der Waals surface area contributed by atoms with Gasteiger partial charge >= 0.3 is 0 Å². The Morgan fingerprint density at radius 3 is 2.44 bits per heavy atom. The third kappa shape index (κ3) is 3.90. The molecule has 0 aromatic heterocycles. The minimum Gasteiger partial charge on any atom is -0.327 e. The highest BCUT2D eigenvalue weighted by atomic mass is 35.5. The third-order valence-corrected chi connectivity index (χ3v) is 4.30. The van der Waals surface area contributed by atoms with Gasteiger partial charge in [-0.15, -0.1) is 12.4 Å². The summed E-state index contributed by atoms with van der Waals surface area (Å²) in [5, 5.41) is 0. The first-order valence-electron chi connectivity index (χ1n) is 6.73. The summed E-state index contributed by atoms with van der Waals surface area (Å²) < 4.78 is 0.